The molecule has 0 saturated heterocycles. The summed E-state index contributed by atoms with van der Waals surface area (Å²) in [5.74, 6) is 1.86. The molecule has 0 radical (unpaired) electrons. The molecule has 1 aromatic heterocycles. The van der Waals surface area contributed by atoms with Gasteiger partial charge in [-0.1, -0.05) is 41.5 Å². The third-order valence-electron chi connectivity index (χ3n) is 1.80. The fourth-order valence-corrected chi connectivity index (χ4v) is 0.988. The van der Waals surface area contributed by atoms with Crippen molar-refractivity contribution in [1.29, 1.82) is 0 Å². The maximum Gasteiger partial charge on any atom is 0.131 e. The molecule has 0 fully saturated rings. The number of hydrogen-bond donors (Lipinski definition) is 0. The zero-order chi connectivity index (χ0) is 11.1. The van der Waals surface area contributed by atoms with E-state index in [9.17, 15) is 0 Å². The number of rotatable bonds is 2. The molecule has 0 aliphatic heterocycles. The van der Waals surface area contributed by atoms with Crippen LogP contribution in [0.2, 0.25) is 0 Å². The van der Waals surface area contributed by atoms with Crippen LogP contribution in [0.15, 0.2) is 12.3 Å². The van der Waals surface area contributed by atoms with E-state index in [1.54, 1.807) is 0 Å². The van der Waals surface area contributed by atoms with Gasteiger partial charge >= 0.3 is 0 Å². The van der Waals surface area contributed by atoms with E-state index in [1.165, 1.54) is 0 Å². The first-order valence-corrected chi connectivity index (χ1v) is 5.44. The van der Waals surface area contributed by atoms with Crippen molar-refractivity contribution in [1.82, 2.24) is 9.97 Å². The van der Waals surface area contributed by atoms with Gasteiger partial charge in [-0.3, -0.25) is 0 Å². The summed E-state index contributed by atoms with van der Waals surface area (Å²) < 4.78 is 0. The van der Waals surface area contributed by atoms with Crippen molar-refractivity contribution in [2.75, 3.05) is 0 Å². The minimum atomic E-state index is 0.420. The lowest BCUT2D eigenvalue weighted by Gasteiger charge is -2.07. The van der Waals surface area contributed by atoms with Crippen molar-refractivity contribution in [2.45, 2.75) is 53.4 Å². The molecule has 0 aromatic carbocycles. The second kappa shape index (κ2) is 6.52. The molecule has 0 amide bonds. The van der Waals surface area contributed by atoms with Crippen molar-refractivity contribution in [3.8, 4) is 0 Å². The first-order valence-electron chi connectivity index (χ1n) is 5.44. The number of hydrogen-bond acceptors (Lipinski definition) is 2. The summed E-state index contributed by atoms with van der Waals surface area (Å²) in [6.07, 6.45) is 1.84. The summed E-state index contributed by atoms with van der Waals surface area (Å²) in [5, 5.41) is 0. The van der Waals surface area contributed by atoms with Crippen molar-refractivity contribution >= 4 is 0 Å². The Kier molecular flexibility index (Phi) is 6.09. The molecule has 0 unspecified atom stereocenters. The van der Waals surface area contributed by atoms with E-state index in [-0.39, 0.29) is 0 Å². The van der Waals surface area contributed by atoms with E-state index in [0.717, 1.165) is 11.5 Å². The minimum absolute atomic E-state index is 0.420. The van der Waals surface area contributed by atoms with Gasteiger partial charge in [0.05, 0.1) is 0 Å². The van der Waals surface area contributed by atoms with Crippen molar-refractivity contribution < 1.29 is 0 Å². The molecule has 1 rings (SSSR count). The van der Waals surface area contributed by atoms with Crippen LogP contribution in [-0.2, 0) is 0 Å². The molecule has 2 nitrogen and oxygen atoms in total. The van der Waals surface area contributed by atoms with Gasteiger partial charge in [0.2, 0.25) is 0 Å². The Labute approximate surface area is 87.8 Å². The van der Waals surface area contributed by atoms with Crippen LogP contribution in [-0.4, -0.2) is 9.97 Å². The highest BCUT2D eigenvalue weighted by Crippen LogP contribution is 2.13. The predicted octanol–water partition coefficient (Wildman–Crippen LogP) is 3.75. The van der Waals surface area contributed by atoms with Gasteiger partial charge in [-0.25, -0.2) is 9.97 Å². The van der Waals surface area contributed by atoms with Crippen LogP contribution < -0.4 is 0 Å². The molecule has 0 saturated carbocycles. The van der Waals surface area contributed by atoms with Crippen molar-refractivity contribution in [3.63, 3.8) is 0 Å². The first-order chi connectivity index (χ1) is 6.61. The van der Waals surface area contributed by atoms with Gasteiger partial charge in [-0.05, 0) is 12.0 Å². The zero-order valence-electron chi connectivity index (χ0n) is 10.2. The van der Waals surface area contributed by atoms with E-state index < -0.39 is 0 Å². The lowest BCUT2D eigenvalue weighted by Crippen LogP contribution is -2.01. The maximum absolute atomic E-state index is 4.46. The second-order valence-electron chi connectivity index (χ2n) is 3.65. The average Bonchev–Trinajstić information content (AvgIpc) is 2.21. The Balaban J connectivity index is 0.000000791. The maximum atomic E-state index is 4.46. The smallest absolute Gasteiger partial charge is 0.131 e. The molecule has 0 aliphatic rings. The predicted molar refractivity (Wildman–Crippen MR) is 61.6 cm³/mol. The quantitative estimate of drug-likeness (QED) is 0.716. The van der Waals surface area contributed by atoms with Gasteiger partial charge in [0.1, 0.15) is 5.82 Å². The molecule has 1 heterocycles. The van der Waals surface area contributed by atoms with Gasteiger partial charge in [-0.15, -0.1) is 0 Å². The van der Waals surface area contributed by atoms with E-state index in [1.807, 2.05) is 26.1 Å². The second-order valence-corrected chi connectivity index (χ2v) is 3.65. The van der Waals surface area contributed by atoms with Gasteiger partial charge in [0, 0.05) is 17.8 Å². The third kappa shape index (κ3) is 3.86. The highest BCUT2D eigenvalue weighted by Gasteiger charge is 2.05. The van der Waals surface area contributed by atoms with Crippen molar-refractivity contribution in [3.05, 3.63) is 23.8 Å². The highest BCUT2D eigenvalue weighted by atomic mass is 14.9. The summed E-state index contributed by atoms with van der Waals surface area (Å²) in [5.41, 5.74) is 1.13. The molecule has 14 heavy (non-hydrogen) atoms. The van der Waals surface area contributed by atoms with Crippen LogP contribution in [0.5, 0.6) is 0 Å². The normalized spacial score (nSPS) is 10.0. The van der Waals surface area contributed by atoms with Crippen LogP contribution in [0.1, 0.15) is 64.9 Å². The summed E-state index contributed by atoms with van der Waals surface area (Å²) in [6, 6.07) is 1.98. The standard InChI is InChI=1S/C10H16N2.C2H6/c1-7(2)9-5-6-11-10(12-9)8(3)4;1-2/h5-8H,1-4H3;1-2H3. The molecular weight excluding hydrogens is 172 g/mol. The summed E-state index contributed by atoms with van der Waals surface area (Å²) in [7, 11) is 0. The van der Waals surface area contributed by atoms with Crippen molar-refractivity contribution in [2.24, 2.45) is 0 Å². The van der Waals surface area contributed by atoms with Gasteiger partial charge in [0.25, 0.3) is 0 Å². The number of nitrogens with zero attached hydrogens (tertiary/aromatic N) is 2. The van der Waals surface area contributed by atoms with E-state index in [0.29, 0.717) is 11.8 Å². The lowest BCUT2D eigenvalue weighted by molar-refractivity contribution is 0.729. The Bertz CT molecular complexity index is 231. The van der Waals surface area contributed by atoms with Crippen LogP contribution in [0.3, 0.4) is 0 Å². The molecule has 2 heteroatoms. The summed E-state index contributed by atoms with van der Waals surface area (Å²) >= 11 is 0. The Morgan fingerprint density at radius 2 is 1.57 bits per heavy atom. The van der Waals surface area contributed by atoms with E-state index in [2.05, 4.69) is 37.7 Å². The molecule has 0 spiro atoms. The summed E-state index contributed by atoms with van der Waals surface area (Å²) in [4.78, 5) is 8.67. The van der Waals surface area contributed by atoms with Crippen LogP contribution >= 0.6 is 0 Å². The van der Waals surface area contributed by atoms with Gasteiger partial charge < -0.3 is 0 Å². The molecule has 0 atom stereocenters. The van der Waals surface area contributed by atoms with E-state index >= 15 is 0 Å². The molecule has 0 bridgehead atoms. The largest absolute Gasteiger partial charge is 0.241 e. The monoisotopic (exact) mass is 194 g/mol. The highest BCUT2D eigenvalue weighted by molar-refractivity contribution is 5.07. The number of aromatic nitrogens is 2. The zero-order valence-corrected chi connectivity index (χ0v) is 10.2. The van der Waals surface area contributed by atoms with Crippen LogP contribution in [0, 0.1) is 0 Å². The molecule has 1 aromatic rings. The minimum Gasteiger partial charge on any atom is -0.241 e. The van der Waals surface area contributed by atoms with E-state index in [4.69, 9.17) is 0 Å². The molecular formula is C12H22N2. The summed E-state index contributed by atoms with van der Waals surface area (Å²) in [6.45, 7) is 12.5. The first kappa shape index (κ1) is 13.1. The Morgan fingerprint density at radius 1 is 1.00 bits per heavy atom. The molecule has 0 aliphatic carbocycles. The fourth-order valence-electron chi connectivity index (χ4n) is 0.988. The average molecular weight is 194 g/mol. The molecule has 80 valence electrons. The Morgan fingerprint density at radius 3 is 2.00 bits per heavy atom. The fraction of sp³-hybridized carbons (Fsp3) is 0.667. The lowest BCUT2D eigenvalue weighted by atomic mass is 10.1. The SMILES string of the molecule is CC.CC(C)c1ccnc(C(C)C)n1. The van der Waals surface area contributed by atoms with Gasteiger partial charge in [0.15, 0.2) is 0 Å². The third-order valence-corrected chi connectivity index (χ3v) is 1.80. The van der Waals surface area contributed by atoms with Crippen LogP contribution in [0.4, 0.5) is 0 Å². The Hall–Kier alpha value is -0.920. The van der Waals surface area contributed by atoms with Gasteiger partial charge in [-0.2, -0.15) is 0 Å². The van der Waals surface area contributed by atoms with Crippen LogP contribution in [0.25, 0.3) is 0 Å². The molecule has 0 N–H and O–H groups in total. The topological polar surface area (TPSA) is 25.8 Å².